The van der Waals surface area contributed by atoms with Crippen LogP contribution in [0.1, 0.15) is 39.2 Å². The standard InChI is InChI=1S/C20H28N2O5/c1-20(2,3)27-19(26)22-11-9-15(10-12-22)17(23)21-16(18(24)25)13-14-7-5-4-6-8-14/h4-8,15-16H,9-13H2,1-3H3,(H,21,23)(H,24,25)/p-1/t16-/m0/s1. The zero-order valence-electron chi connectivity index (χ0n) is 16.1. The zero-order chi connectivity index (χ0) is 20.0. The van der Waals surface area contributed by atoms with Gasteiger partial charge in [-0.1, -0.05) is 30.3 Å². The maximum absolute atomic E-state index is 12.5. The number of piperidine rings is 1. The fourth-order valence-corrected chi connectivity index (χ4v) is 2.98. The van der Waals surface area contributed by atoms with Gasteiger partial charge in [0.2, 0.25) is 5.91 Å². The Labute approximate surface area is 159 Å². The molecular weight excluding hydrogens is 348 g/mol. The molecule has 7 nitrogen and oxygen atoms in total. The molecule has 0 aromatic heterocycles. The summed E-state index contributed by atoms with van der Waals surface area (Å²) < 4.78 is 5.34. The maximum atomic E-state index is 12.5. The van der Waals surface area contributed by atoms with E-state index in [1.54, 1.807) is 37.8 Å². The molecule has 27 heavy (non-hydrogen) atoms. The SMILES string of the molecule is CC(C)(C)OC(=O)N1CCC(C(=O)N[C@@H](Cc2ccccc2)C(=O)[O-])CC1. The van der Waals surface area contributed by atoms with E-state index in [9.17, 15) is 19.5 Å². The fraction of sp³-hybridized carbons (Fsp3) is 0.550. The molecule has 1 aromatic rings. The number of hydrogen-bond donors (Lipinski definition) is 1. The van der Waals surface area contributed by atoms with E-state index in [0.29, 0.717) is 25.9 Å². The van der Waals surface area contributed by atoms with E-state index in [1.807, 2.05) is 18.2 Å². The Balaban J connectivity index is 1.87. The number of nitrogens with zero attached hydrogens (tertiary/aromatic N) is 1. The second-order valence-electron chi connectivity index (χ2n) is 7.81. The highest BCUT2D eigenvalue weighted by molar-refractivity contribution is 5.84. The molecule has 1 aromatic carbocycles. The summed E-state index contributed by atoms with van der Waals surface area (Å²) >= 11 is 0. The Morgan fingerprint density at radius 3 is 2.30 bits per heavy atom. The number of amides is 2. The summed E-state index contributed by atoms with van der Waals surface area (Å²) in [4.78, 5) is 37.5. The van der Waals surface area contributed by atoms with Gasteiger partial charge >= 0.3 is 6.09 Å². The predicted octanol–water partition coefficient (Wildman–Crippen LogP) is 1.11. The molecule has 1 saturated heterocycles. The Morgan fingerprint density at radius 2 is 1.78 bits per heavy atom. The monoisotopic (exact) mass is 375 g/mol. The van der Waals surface area contributed by atoms with Gasteiger partial charge in [-0.2, -0.15) is 0 Å². The van der Waals surface area contributed by atoms with Gasteiger partial charge in [0.1, 0.15) is 5.60 Å². The number of rotatable bonds is 5. The highest BCUT2D eigenvalue weighted by atomic mass is 16.6. The first-order valence-corrected chi connectivity index (χ1v) is 9.19. The topological polar surface area (TPSA) is 98.8 Å². The summed E-state index contributed by atoms with van der Waals surface area (Å²) in [5.74, 6) is -1.95. The minimum absolute atomic E-state index is 0.172. The van der Waals surface area contributed by atoms with Gasteiger partial charge in [0.15, 0.2) is 0 Å². The molecule has 1 aliphatic rings. The highest BCUT2D eigenvalue weighted by Gasteiger charge is 2.30. The van der Waals surface area contributed by atoms with Crippen molar-refractivity contribution in [3.8, 4) is 0 Å². The second kappa shape index (κ2) is 8.88. The number of carbonyl (C=O) groups is 3. The van der Waals surface area contributed by atoms with Crippen LogP contribution in [0.4, 0.5) is 4.79 Å². The molecule has 0 saturated carbocycles. The van der Waals surface area contributed by atoms with E-state index < -0.39 is 23.7 Å². The number of hydrogen-bond acceptors (Lipinski definition) is 5. The highest BCUT2D eigenvalue weighted by Crippen LogP contribution is 2.20. The molecule has 0 spiro atoms. The quantitative estimate of drug-likeness (QED) is 0.831. The molecular formula is C20H27N2O5-. The Bertz CT molecular complexity index is 661. The summed E-state index contributed by atoms with van der Waals surface area (Å²) in [6.45, 7) is 6.22. The normalized spacial score (nSPS) is 16.5. The summed E-state index contributed by atoms with van der Waals surface area (Å²) in [7, 11) is 0. The van der Waals surface area contributed by atoms with Crippen LogP contribution in [0.25, 0.3) is 0 Å². The third-order valence-corrected chi connectivity index (χ3v) is 4.40. The number of benzene rings is 1. The van der Waals surface area contributed by atoms with Crippen LogP contribution in [0.2, 0.25) is 0 Å². The van der Waals surface area contributed by atoms with Crippen LogP contribution < -0.4 is 10.4 Å². The van der Waals surface area contributed by atoms with Gasteiger partial charge < -0.3 is 24.9 Å². The number of likely N-dealkylation sites (tertiary alicyclic amines) is 1. The lowest BCUT2D eigenvalue weighted by molar-refractivity contribution is -0.308. The molecule has 0 aliphatic carbocycles. The zero-order valence-corrected chi connectivity index (χ0v) is 16.1. The summed E-state index contributed by atoms with van der Waals surface area (Å²) in [6, 6.07) is 8.01. The average Bonchev–Trinajstić information content (AvgIpc) is 2.60. The predicted molar refractivity (Wildman–Crippen MR) is 97.6 cm³/mol. The Hall–Kier alpha value is -2.57. The summed E-state index contributed by atoms with van der Waals surface area (Å²) in [5.41, 5.74) is 0.247. The summed E-state index contributed by atoms with van der Waals surface area (Å²) in [5, 5.41) is 14.0. The molecule has 1 heterocycles. The van der Waals surface area contributed by atoms with Gasteiger partial charge in [-0.05, 0) is 45.6 Å². The molecule has 1 atom stereocenters. The van der Waals surface area contributed by atoms with E-state index >= 15 is 0 Å². The largest absolute Gasteiger partial charge is 0.548 e. The number of aliphatic carboxylic acids is 1. The Kier molecular flexibility index (Phi) is 6.82. The van der Waals surface area contributed by atoms with Crippen molar-refractivity contribution in [2.45, 2.75) is 51.7 Å². The van der Waals surface area contributed by atoms with Gasteiger partial charge in [0.05, 0.1) is 12.0 Å². The lowest BCUT2D eigenvalue weighted by Crippen LogP contribution is -2.52. The van der Waals surface area contributed by atoms with Crippen molar-refractivity contribution >= 4 is 18.0 Å². The third kappa shape index (κ3) is 6.58. The van der Waals surface area contributed by atoms with Crippen LogP contribution in [0, 0.1) is 5.92 Å². The molecule has 148 valence electrons. The van der Waals surface area contributed by atoms with E-state index in [4.69, 9.17) is 4.74 Å². The molecule has 1 aliphatic heterocycles. The van der Waals surface area contributed by atoms with Crippen molar-refractivity contribution in [3.05, 3.63) is 35.9 Å². The second-order valence-corrected chi connectivity index (χ2v) is 7.81. The molecule has 0 radical (unpaired) electrons. The van der Waals surface area contributed by atoms with Gasteiger partial charge in [-0.25, -0.2) is 4.79 Å². The molecule has 2 amide bonds. The van der Waals surface area contributed by atoms with Crippen molar-refractivity contribution in [3.63, 3.8) is 0 Å². The fourth-order valence-electron chi connectivity index (χ4n) is 2.98. The molecule has 1 fully saturated rings. The van der Waals surface area contributed by atoms with Crippen LogP contribution in [0.3, 0.4) is 0 Å². The first-order valence-electron chi connectivity index (χ1n) is 9.19. The first-order chi connectivity index (χ1) is 12.7. The first kappa shape index (κ1) is 20.7. The van der Waals surface area contributed by atoms with E-state index in [-0.39, 0.29) is 18.2 Å². The maximum Gasteiger partial charge on any atom is 0.410 e. The molecule has 0 bridgehead atoms. The van der Waals surface area contributed by atoms with Crippen molar-refractivity contribution < 1.29 is 24.2 Å². The van der Waals surface area contributed by atoms with Crippen molar-refractivity contribution in [2.24, 2.45) is 5.92 Å². The van der Waals surface area contributed by atoms with Crippen LogP contribution >= 0.6 is 0 Å². The number of carboxylic acids is 1. The van der Waals surface area contributed by atoms with Crippen LogP contribution in [0.15, 0.2) is 30.3 Å². The lowest BCUT2D eigenvalue weighted by Gasteiger charge is -2.33. The van der Waals surface area contributed by atoms with Crippen LogP contribution in [0.5, 0.6) is 0 Å². The van der Waals surface area contributed by atoms with Crippen LogP contribution in [-0.4, -0.2) is 47.6 Å². The van der Waals surface area contributed by atoms with Crippen molar-refractivity contribution in [2.75, 3.05) is 13.1 Å². The van der Waals surface area contributed by atoms with Gasteiger partial charge in [-0.3, -0.25) is 4.79 Å². The molecule has 0 unspecified atom stereocenters. The summed E-state index contributed by atoms with van der Waals surface area (Å²) in [6.07, 6.45) is 0.718. The Morgan fingerprint density at radius 1 is 1.19 bits per heavy atom. The molecule has 1 N–H and O–H groups in total. The minimum atomic E-state index is -1.31. The lowest BCUT2D eigenvalue weighted by atomic mass is 9.95. The van der Waals surface area contributed by atoms with E-state index in [1.165, 1.54) is 0 Å². The smallest absolute Gasteiger partial charge is 0.410 e. The van der Waals surface area contributed by atoms with Gasteiger partial charge in [0, 0.05) is 19.0 Å². The van der Waals surface area contributed by atoms with Crippen molar-refractivity contribution in [1.29, 1.82) is 0 Å². The van der Waals surface area contributed by atoms with E-state index in [0.717, 1.165) is 5.56 Å². The number of nitrogens with one attached hydrogen (secondary N) is 1. The van der Waals surface area contributed by atoms with Crippen LogP contribution in [-0.2, 0) is 20.7 Å². The van der Waals surface area contributed by atoms with Gasteiger partial charge in [-0.15, -0.1) is 0 Å². The van der Waals surface area contributed by atoms with Crippen molar-refractivity contribution in [1.82, 2.24) is 10.2 Å². The van der Waals surface area contributed by atoms with E-state index in [2.05, 4.69) is 5.32 Å². The number of carbonyl (C=O) groups excluding carboxylic acids is 3. The molecule has 2 rings (SSSR count). The number of ether oxygens (including phenoxy) is 1. The average molecular weight is 375 g/mol. The minimum Gasteiger partial charge on any atom is -0.548 e. The number of carboxylic acid groups (broad SMARTS) is 1. The third-order valence-electron chi connectivity index (χ3n) is 4.40. The van der Waals surface area contributed by atoms with Gasteiger partial charge in [0.25, 0.3) is 0 Å². The molecule has 7 heteroatoms.